The first-order valence-corrected chi connectivity index (χ1v) is 8.38. The summed E-state index contributed by atoms with van der Waals surface area (Å²) < 4.78 is 0. The van der Waals surface area contributed by atoms with Crippen LogP contribution in [0.15, 0.2) is 54.6 Å². The van der Waals surface area contributed by atoms with Gasteiger partial charge in [-0.3, -0.25) is 9.59 Å². The van der Waals surface area contributed by atoms with Crippen molar-refractivity contribution in [3.63, 3.8) is 0 Å². The van der Waals surface area contributed by atoms with E-state index in [0.29, 0.717) is 29.2 Å². The van der Waals surface area contributed by atoms with Crippen molar-refractivity contribution in [3.05, 3.63) is 65.7 Å². The number of aliphatic hydroxyl groups is 1. The second-order valence-corrected chi connectivity index (χ2v) is 6.35. The van der Waals surface area contributed by atoms with Gasteiger partial charge in [-0.25, -0.2) is 0 Å². The zero-order chi connectivity index (χ0) is 18.2. The van der Waals surface area contributed by atoms with Gasteiger partial charge in [-0.1, -0.05) is 44.2 Å². The number of rotatable bonds is 7. The molecule has 0 spiro atoms. The first-order valence-electron chi connectivity index (χ1n) is 8.38. The number of aliphatic hydroxyl groups excluding tert-OH is 1. The molecule has 0 aliphatic heterocycles. The largest absolute Gasteiger partial charge is 0.394 e. The molecular weight excluding hydrogens is 316 g/mol. The maximum Gasteiger partial charge on any atom is 0.255 e. The van der Waals surface area contributed by atoms with Crippen LogP contribution in [-0.2, 0) is 0 Å². The van der Waals surface area contributed by atoms with E-state index in [1.54, 1.807) is 48.5 Å². The molecule has 0 heterocycles. The first-order chi connectivity index (χ1) is 12.0. The van der Waals surface area contributed by atoms with E-state index in [4.69, 9.17) is 0 Å². The van der Waals surface area contributed by atoms with Gasteiger partial charge in [0.1, 0.15) is 0 Å². The van der Waals surface area contributed by atoms with Crippen molar-refractivity contribution in [1.82, 2.24) is 5.32 Å². The zero-order valence-electron chi connectivity index (χ0n) is 14.5. The van der Waals surface area contributed by atoms with Gasteiger partial charge in [-0.15, -0.1) is 0 Å². The molecule has 5 heteroatoms. The van der Waals surface area contributed by atoms with Gasteiger partial charge in [0, 0.05) is 5.56 Å². The number of nitrogens with one attached hydrogen (secondary N) is 2. The van der Waals surface area contributed by atoms with Crippen LogP contribution < -0.4 is 10.6 Å². The van der Waals surface area contributed by atoms with Gasteiger partial charge in [0.15, 0.2) is 0 Å². The topological polar surface area (TPSA) is 78.4 Å². The van der Waals surface area contributed by atoms with Crippen LogP contribution in [0.25, 0.3) is 0 Å². The summed E-state index contributed by atoms with van der Waals surface area (Å²) in [4.78, 5) is 24.9. The van der Waals surface area contributed by atoms with Gasteiger partial charge in [0.05, 0.1) is 23.9 Å². The minimum absolute atomic E-state index is 0.123. The number of amides is 2. The Hall–Kier alpha value is -2.66. The molecule has 3 N–H and O–H groups in total. The van der Waals surface area contributed by atoms with Crippen molar-refractivity contribution in [2.75, 3.05) is 11.9 Å². The van der Waals surface area contributed by atoms with Gasteiger partial charge in [0.25, 0.3) is 11.8 Å². The van der Waals surface area contributed by atoms with E-state index in [2.05, 4.69) is 10.6 Å². The van der Waals surface area contributed by atoms with Gasteiger partial charge in [0.2, 0.25) is 0 Å². The molecule has 0 saturated carbocycles. The fourth-order valence-electron chi connectivity index (χ4n) is 2.59. The Morgan fingerprint density at radius 1 is 0.960 bits per heavy atom. The summed E-state index contributed by atoms with van der Waals surface area (Å²) in [6.45, 7) is 3.94. The average Bonchev–Trinajstić information content (AvgIpc) is 2.61. The van der Waals surface area contributed by atoms with Crippen molar-refractivity contribution in [1.29, 1.82) is 0 Å². The standard InChI is InChI=1S/C20H24N2O3/c1-14(2)12-16(13-23)21-20(25)17-10-6-7-11-18(17)22-19(24)15-8-4-3-5-9-15/h3-11,14,16,23H,12-13H2,1-2H3,(H,21,25)(H,22,24). The fourth-order valence-corrected chi connectivity index (χ4v) is 2.59. The van der Waals surface area contributed by atoms with E-state index in [0.717, 1.165) is 0 Å². The van der Waals surface area contributed by atoms with Gasteiger partial charge < -0.3 is 15.7 Å². The third-order valence-corrected chi connectivity index (χ3v) is 3.77. The molecule has 0 bridgehead atoms. The first kappa shape index (κ1) is 18.7. The van der Waals surface area contributed by atoms with Gasteiger partial charge >= 0.3 is 0 Å². The molecule has 0 aliphatic rings. The summed E-state index contributed by atoms with van der Waals surface area (Å²) in [6.07, 6.45) is 0.681. The second-order valence-electron chi connectivity index (χ2n) is 6.35. The lowest BCUT2D eigenvalue weighted by Gasteiger charge is -2.19. The Balaban J connectivity index is 2.14. The molecule has 1 unspecified atom stereocenters. The van der Waals surface area contributed by atoms with Gasteiger partial charge in [-0.2, -0.15) is 0 Å². The van der Waals surface area contributed by atoms with E-state index in [1.807, 2.05) is 19.9 Å². The highest BCUT2D eigenvalue weighted by Crippen LogP contribution is 2.17. The minimum atomic E-state index is -0.316. The van der Waals surface area contributed by atoms with E-state index in [1.165, 1.54) is 0 Å². The molecule has 2 aromatic carbocycles. The summed E-state index contributed by atoms with van der Waals surface area (Å²) in [5.74, 6) is -0.240. The van der Waals surface area contributed by atoms with Crippen LogP contribution in [0.3, 0.4) is 0 Å². The Morgan fingerprint density at radius 2 is 1.60 bits per heavy atom. The summed E-state index contributed by atoms with van der Waals surface area (Å²) >= 11 is 0. The molecule has 132 valence electrons. The van der Waals surface area contributed by atoms with Crippen LogP contribution in [0.5, 0.6) is 0 Å². The van der Waals surface area contributed by atoms with E-state index in [-0.39, 0.29) is 24.5 Å². The Labute approximate surface area is 148 Å². The number of carbonyl (C=O) groups excluding carboxylic acids is 2. The SMILES string of the molecule is CC(C)CC(CO)NC(=O)c1ccccc1NC(=O)c1ccccc1. The van der Waals surface area contributed by atoms with Crippen molar-refractivity contribution in [2.24, 2.45) is 5.92 Å². The molecule has 5 nitrogen and oxygen atoms in total. The average molecular weight is 340 g/mol. The van der Waals surface area contributed by atoms with Crippen LogP contribution in [0, 0.1) is 5.92 Å². The van der Waals surface area contributed by atoms with E-state index >= 15 is 0 Å². The van der Waals surface area contributed by atoms with Crippen LogP contribution in [0.4, 0.5) is 5.69 Å². The molecule has 0 fully saturated rings. The van der Waals surface area contributed by atoms with Crippen LogP contribution in [0.2, 0.25) is 0 Å². The lowest BCUT2D eigenvalue weighted by molar-refractivity contribution is 0.0909. The maximum atomic E-state index is 12.6. The molecule has 0 saturated heterocycles. The van der Waals surface area contributed by atoms with E-state index < -0.39 is 0 Å². The van der Waals surface area contributed by atoms with Gasteiger partial charge in [-0.05, 0) is 36.6 Å². The number of hydrogen-bond donors (Lipinski definition) is 3. The quantitative estimate of drug-likeness (QED) is 0.725. The van der Waals surface area contributed by atoms with Crippen molar-refractivity contribution in [3.8, 4) is 0 Å². The highest BCUT2D eigenvalue weighted by Gasteiger charge is 2.18. The molecule has 25 heavy (non-hydrogen) atoms. The zero-order valence-corrected chi connectivity index (χ0v) is 14.5. The van der Waals surface area contributed by atoms with Crippen LogP contribution in [-0.4, -0.2) is 29.6 Å². The smallest absolute Gasteiger partial charge is 0.255 e. The number of benzene rings is 2. The van der Waals surface area contributed by atoms with Crippen molar-refractivity contribution < 1.29 is 14.7 Å². The normalized spacial score (nSPS) is 11.8. The molecule has 1 atom stereocenters. The predicted molar refractivity (Wildman–Crippen MR) is 98.6 cm³/mol. The third kappa shape index (κ3) is 5.43. The monoisotopic (exact) mass is 340 g/mol. The maximum absolute atomic E-state index is 12.6. The molecule has 2 amide bonds. The van der Waals surface area contributed by atoms with Crippen molar-refractivity contribution >= 4 is 17.5 Å². The Morgan fingerprint density at radius 3 is 2.24 bits per heavy atom. The number of carbonyl (C=O) groups is 2. The van der Waals surface area contributed by atoms with Crippen molar-refractivity contribution in [2.45, 2.75) is 26.3 Å². The predicted octanol–water partition coefficient (Wildman–Crippen LogP) is 3.08. The number of hydrogen-bond acceptors (Lipinski definition) is 3. The molecule has 0 aromatic heterocycles. The highest BCUT2D eigenvalue weighted by molar-refractivity contribution is 6.09. The minimum Gasteiger partial charge on any atom is -0.394 e. The third-order valence-electron chi connectivity index (χ3n) is 3.77. The second kappa shape index (κ2) is 8.99. The highest BCUT2D eigenvalue weighted by atomic mass is 16.3. The molecule has 2 rings (SSSR count). The number of anilines is 1. The molecule has 0 aliphatic carbocycles. The summed E-state index contributed by atoms with van der Waals surface area (Å²) in [5, 5.41) is 15.1. The Bertz CT molecular complexity index is 714. The van der Waals surface area contributed by atoms with E-state index in [9.17, 15) is 14.7 Å². The molecule has 2 aromatic rings. The number of para-hydroxylation sites is 1. The Kier molecular flexibility index (Phi) is 6.71. The van der Waals surface area contributed by atoms with Crippen LogP contribution in [0.1, 0.15) is 41.0 Å². The summed E-state index contributed by atoms with van der Waals surface area (Å²) in [6, 6.07) is 15.3. The van der Waals surface area contributed by atoms with Crippen LogP contribution >= 0.6 is 0 Å². The lowest BCUT2D eigenvalue weighted by Crippen LogP contribution is -2.38. The fraction of sp³-hybridized carbons (Fsp3) is 0.300. The summed E-state index contributed by atoms with van der Waals surface area (Å²) in [7, 11) is 0. The molecular formula is C20H24N2O3. The summed E-state index contributed by atoms with van der Waals surface area (Å²) in [5.41, 5.74) is 1.33. The lowest BCUT2D eigenvalue weighted by atomic mass is 10.0. The molecule has 0 radical (unpaired) electrons.